The maximum absolute atomic E-state index is 12.2. The molecule has 0 nitrogen and oxygen atoms in total. The smallest absolute Gasteiger partial charge is 0.0897 e. The molecule has 0 aromatic heterocycles. The van der Waals surface area contributed by atoms with E-state index in [1.807, 2.05) is 0 Å². The topological polar surface area (TPSA) is 0 Å². The van der Waals surface area contributed by atoms with Crippen LogP contribution >= 0.6 is 0 Å². The molecule has 0 N–H and O–H groups in total. The van der Waals surface area contributed by atoms with Crippen LogP contribution < -0.4 is 0 Å². The molecule has 0 radical (unpaired) electrons. The molecule has 0 heterocycles. The van der Waals surface area contributed by atoms with Crippen LogP contribution in [0.25, 0.3) is 0 Å². The van der Waals surface area contributed by atoms with E-state index in [1.54, 1.807) is 5.56 Å². The quantitative estimate of drug-likeness (QED) is 0.348. The van der Waals surface area contributed by atoms with Crippen LogP contribution in [0.5, 0.6) is 0 Å². The van der Waals surface area contributed by atoms with E-state index in [2.05, 4.69) is 43.3 Å². The minimum Gasteiger partial charge on any atom is -0.251 e. The zero-order chi connectivity index (χ0) is 18.2. The SMILES string of the molecule is CCc1ccc(C2CCC([C@H]3CC[C@H](/C=C/CCCF)CC3)CC2)cc1. The molecule has 3 rings (SSSR count). The van der Waals surface area contributed by atoms with Crippen LogP contribution in [0, 0.1) is 17.8 Å². The molecular weight excluding hydrogens is 319 g/mol. The number of benzene rings is 1. The number of allylic oxidation sites excluding steroid dienone is 2. The highest BCUT2D eigenvalue weighted by atomic mass is 19.1. The van der Waals surface area contributed by atoms with Gasteiger partial charge in [-0.15, -0.1) is 0 Å². The Morgan fingerprint density at radius 1 is 0.885 bits per heavy atom. The van der Waals surface area contributed by atoms with Crippen molar-refractivity contribution in [1.29, 1.82) is 0 Å². The zero-order valence-electron chi connectivity index (χ0n) is 16.6. The molecule has 1 heteroatoms. The highest BCUT2D eigenvalue weighted by Crippen LogP contribution is 2.44. The largest absolute Gasteiger partial charge is 0.251 e. The van der Waals surface area contributed by atoms with E-state index >= 15 is 0 Å². The number of unbranched alkanes of at least 4 members (excludes halogenated alkanes) is 1. The Morgan fingerprint density at radius 3 is 2.08 bits per heavy atom. The molecule has 1 aromatic rings. The summed E-state index contributed by atoms with van der Waals surface area (Å²) < 4.78 is 12.2. The van der Waals surface area contributed by atoms with Gasteiger partial charge in [-0.25, -0.2) is 0 Å². The van der Waals surface area contributed by atoms with Crippen molar-refractivity contribution in [3.63, 3.8) is 0 Å². The van der Waals surface area contributed by atoms with Crippen molar-refractivity contribution in [1.82, 2.24) is 0 Å². The van der Waals surface area contributed by atoms with Crippen molar-refractivity contribution >= 4 is 0 Å². The third-order valence-electron chi connectivity index (χ3n) is 7.03. The Kier molecular flexibility index (Phi) is 7.77. The predicted molar refractivity (Wildman–Crippen MR) is 110 cm³/mol. The average molecular weight is 357 g/mol. The monoisotopic (exact) mass is 356 g/mol. The van der Waals surface area contributed by atoms with Crippen molar-refractivity contribution < 1.29 is 4.39 Å². The summed E-state index contributed by atoms with van der Waals surface area (Å²) in [5.41, 5.74) is 3.03. The van der Waals surface area contributed by atoms with Crippen LogP contribution in [0.4, 0.5) is 4.39 Å². The Balaban J connectivity index is 1.40. The molecule has 0 atom stereocenters. The fourth-order valence-electron chi connectivity index (χ4n) is 5.24. The van der Waals surface area contributed by atoms with E-state index in [4.69, 9.17) is 0 Å². The van der Waals surface area contributed by atoms with Crippen molar-refractivity contribution in [3.8, 4) is 0 Å². The third kappa shape index (κ3) is 5.44. The van der Waals surface area contributed by atoms with E-state index in [-0.39, 0.29) is 6.67 Å². The summed E-state index contributed by atoms with van der Waals surface area (Å²) in [4.78, 5) is 0. The van der Waals surface area contributed by atoms with Crippen molar-refractivity contribution in [2.24, 2.45) is 17.8 Å². The molecule has 144 valence electrons. The summed E-state index contributed by atoms with van der Waals surface area (Å²) in [6, 6.07) is 9.40. The van der Waals surface area contributed by atoms with Gasteiger partial charge in [-0.1, -0.05) is 43.3 Å². The Bertz CT molecular complexity index is 528. The standard InChI is InChI=1S/C25H37F/c1-2-20-7-11-22(12-8-20)24-15-17-25(18-16-24)23-13-9-21(10-14-23)6-4-3-5-19-26/h4,6-8,11-12,21,23-25H,2-3,5,9-10,13-19H2,1H3/b6-4+/t21-,23-,24?,25?. The highest BCUT2D eigenvalue weighted by molar-refractivity contribution is 5.25. The molecule has 1 aromatic carbocycles. The number of hydrogen-bond acceptors (Lipinski definition) is 0. The molecule has 0 unspecified atom stereocenters. The van der Waals surface area contributed by atoms with Crippen LogP contribution in [-0.2, 0) is 6.42 Å². The molecule has 0 amide bonds. The first-order valence-corrected chi connectivity index (χ1v) is 11.1. The fraction of sp³-hybridized carbons (Fsp3) is 0.680. The molecule has 2 aliphatic rings. The summed E-state index contributed by atoms with van der Waals surface area (Å²) in [5, 5.41) is 0. The molecule has 26 heavy (non-hydrogen) atoms. The van der Waals surface area contributed by atoms with Crippen LogP contribution in [-0.4, -0.2) is 6.67 Å². The molecule has 0 bridgehead atoms. The normalized spacial score (nSPS) is 29.9. The molecule has 0 aliphatic heterocycles. The molecular formula is C25H37F. The molecule has 0 spiro atoms. The second kappa shape index (κ2) is 10.3. The van der Waals surface area contributed by atoms with Crippen LogP contribution in [0.15, 0.2) is 36.4 Å². The van der Waals surface area contributed by atoms with Crippen LogP contribution in [0.1, 0.15) is 88.2 Å². The Labute approximate surface area is 160 Å². The second-order valence-electron chi connectivity index (χ2n) is 8.64. The summed E-state index contributed by atoms with van der Waals surface area (Å²) >= 11 is 0. The number of rotatable bonds is 7. The lowest BCUT2D eigenvalue weighted by Gasteiger charge is -2.37. The van der Waals surface area contributed by atoms with E-state index in [0.29, 0.717) is 6.42 Å². The zero-order valence-corrected chi connectivity index (χ0v) is 16.6. The van der Waals surface area contributed by atoms with Gasteiger partial charge in [-0.3, -0.25) is 4.39 Å². The molecule has 0 saturated heterocycles. The first kappa shape index (κ1) is 19.6. The average Bonchev–Trinajstić information content (AvgIpc) is 2.72. The van der Waals surface area contributed by atoms with E-state index in [1.165, 1.54) is 56.9 Å². The molecule has 2 saturated carbocycles. The lowest BCUT2D eigenvalue weighted by molar-refractivity contribution is 0.171. The van der Waals surface area contributed by atoms with Gasteiger partial charge in [-0.2, -0.15) is 0 Å². The first-order valence-electron chi connectivity index (χ1n) is 11.1. The maximum atomic E-state index is 12.2. The third-order valence-corrected chi connectivity index (χ3v) is 7.03. The predicted octanol–water partition coefficient (Wildman–Crippen LogP) is 7.64. The lowest BCUT2D eigenvalue weighted by Crippen LogP contribution is -2.25. The van der Waals surface area contributed by atoms with Crippen molar-refractivity contribution in [2.75, 3.05) is 6.67 Å². The number of aryl methyl sites for hydroxylation is 1. The lowest BCUT2D eigenvalue weighted by atomic mass is 9.68. The Hall–Kier alpha value is -1.11. The summed E-state index contributed by atoms with van der Waals surface area (Å²) in [6.07, 6.45) is 18.5. The van der Waals surface area contributed by atoms with Gasteiger partial charge in [0.2, 0.25) is 0 Å². The van der Waals surface area contributed by atoms with Gasteiger partial charge in [0.1, 0.15) is 0 Å². The van der Waals surface area contributed by atoms with Gasteiger partial charge in [-0.05, 0) is 105 Å². The maximum Gasteiger partial charge on any atom is 0.0897 e. The summed E-state index contributed by atoms with van der Waals surface area (Å²) in [6.45, 7) is 2.05. The van der Waals surface area contributed by atoms with Crippen molar-refractivity contribution in [2.45, 2.75) is 83.5 Å². The van der Waals surface area contributed by atoms with Gasteiger partial charge < -0.3 is 0 Å². The molecule has 2 aliphatic carbocycles. The highest BCUT2D eigenvalue weighted by Gasteiger charge is 2.30. The number of halogens is 1. The van der Waals surface area contributed by atoms with E-state index < -0.39 is 0 Å². The number of alkyl halides is 1. The number of hydrogen-bond donors (Lipinski definition) is 0. The van der Waals surface area contributed by atoms with Gasteiger partial charge in [0.25, 0.3) is 0 Å². The van der Waals surface area contributed by atoms with Gasteiger partial charge in [0, 0.05) is 0 Å². The minimum atomic E-state index is -0.178. The van der Waals surface area contributed by atoms with Gasteiger partial charge in [0.05, 0.1) is 6.67 Å². The van der Waals surface area contributed by atoms with Crippen molar-refractivity contribution in [3.05, 3.63) is 47.5 Å². The van der Waals surface area contributed by atoms with Gasteiger partial charge in [0.15, 0.2) is 0 Å². The van der Waals surface area contributed by atoms with E-state index in [9.17, 15) is 4.39 Å². The van der Waals surface area contributed by atoms with Crippen LogP contribution in [0.2, 0.25) is 0 Å². The Morgan fingerprint density at radius 2 is 1.50 bits per heavy atom. The van der Waals surface area contributed by atoms with Crippen LogP contribution in [0.3, 0.4) is 0 Å². The minimum absolute atomic E-state index is 0.178. The summed E-state index contributed by atoms with van der Waals surface area (Å²) in [5.74, 6) is 3.50. The second-order valence-corrected chi connectivity index (χ2v) is 8.64. The summed E-state index contributed by atoms with van der Waals surface area (Å²) in [7, 11) is 0. The first-order chi connectivity index (χ1) is 12.8. The molecule has 2 fully saturated rings. The van der Waals surface area contributed by atoms with E-state index in [0.717, 1.165) is 36.5 Å². The fourth-order valence-corrected chi connectivity index (χ4v) is 5.24. The van der Waals surface area contributed by atoms with Gasteiger partial charge >= 0.3 is 0 Å².